The van der Waals surface area contributed by atoms with Crippen LogP contribution in [0.1, 0.15) is 28.3 Å². The van der Waals surface area contributed by atoms with E-state index in [4.69, 9.17) is 0 Å². The van der Waals surface area contributed by atoms with E-state index in [1.54, 1.807) is 24.5 Å². The molecule has 1 fully saturated rings. The summed E-state index contributed by atoms with van der Waals surface area (Å²) in [5, 5.41) is 0.655. The molecule has 2 aromatic rings. The van der Waals surface area contributed by atoms with E-state index in [0.717, 1.165) is 12.0 Å². The van der Waals surface area contributed by atoms with Crippen molar-refractivity contribution in [1.29, 1.82) is 0 Å². The fourth-order valence-corrected chi connectivity index (χ4v) is 2.98. The molecule has 0 N–H and O–H groups in total. The summed E-state index contributed by atoms with van der Waals surface area (Å²) in [4.78, 5) is 22.5. The van der Waals surface area contributed by atoms with Gasteiger partial charge in [-0.15, -0.1) is 0 Å². The van der Waals surface area contributed by atoms with Crippen LogP contribution in [-0.4, -0.2) is 40.1 Å². The van der Waals surface area contributed by atoms with E-state index in [1.807, 2.05) is 11.2 Å². The van der Waals surface area contributed by atoms with Crippen LogP contribution < -0.4 is 0 Å². The monoisotopic (exact) mass is 317 g/mol. The van der Waals surface area contributed by atoms with E-state index < -0.39 is 0 Å². The second-order valence-corrected chi connectivity index (χ2v) is 6.02. The maximum atomic E-state index is 13.0. The fourth-order valence-electron chi connectivity index (χ4n) is 2.67. The highest BCUT2D eigenvalue weighted by atomic mass is 32.2. The lowest BCUT2D eigenvalue weighted by Crippen LogP contribution is -2.28. The van der Waals surface area contributed by atoms with Gasteiger partial charge >= 0.3 is 0 Å². The molecule has 4 nitrogen and oxygen atoms in total. The number of benzene rings is 1. The SMILES string of the molecule is CSc1ncc(C(=O)N2CCC(c3ccc(F)cc3)C2)cn1. The Morgan fingerprint density at radius 1 is 1.27 bits per heavy atom. The Morgan fingerprint density at radius 3 is 2.59 bits per heavy atom. The van der Waals surface area contributed by atoms with Crippen molar-refractivity contribution in [3.63, 3.8) is 0 Å². The van der Waals surface area contributed by atoms with Crippen molar-refractivity contribution in [3.05, 3.63) is 53.6 Å². The van der Waals surface area contributed by atoms with E-state index in [2.05, 4.69) is 9.97 Å². The number of rotatable bonds is 3. The second-order valence-electron chi connectivity index (χ2n) is 5.25. The molecule has 1 saturated heterocycles. The van der Waals surface area contributed by atoms with E-state index in [-0.39, 0.29) is 17.6 Å². The summed E-state index contributed by atoms with van der Waals surface area (Å²) in [6.07, 6.45) is 5.94. The molecule has 1 unspecified atom stereocenters. The van der Waals surface area contributed by atoms with Crippen molar-refractivity contribution < 1.29 is 9.18 Å². The predicted molar refractivity (Wildman–Crippen MR) is 83.5 cm³/mol. The van der Waals surface area contributed by atoms with E-state index in [9.17, 15) is 9.18 Å². The highest BCUT2D eigenvalue weighted by molar-refractivity contribution is 7.98. The number of nitrogens with zero attached hydrogens (tertiary/aromatic N) is 3. The number of hydrogen-bond acceptors (Lipinski definition) is 4. The third-order valence-corrected chi connectivity index (χ3v) is 4.45. The number of carbonyl (C=O) groups excluding carboxylic acids is 1. The summed E-state index contributed by atoms with van der Waals surface area (Å²) in [5.41, 5.74) is 1.59. The number of amides is 1. The van der Waals surface area contributed by atoms with Crippen molar-refractivity contribution in [2.45, 2.75) is 17.5 Å². The van der Waals surface area contributed by atoms with Crippen LogP contribution >= 0.6 is 11.8 Å². The van der Waals surface area contributed by atoms with Gasteiger partial charge in [0.25, 0.3) is 5.91 Å². The van der Waals surface area contributed by atoms with Crippen LogP contribution in [0.5, 0.6) is 0 Å². The van der Waals surface area contributed by atoms with Gasteiger partial charge in [-0.25, -0.2) is 14.4 Å². The largest absolute Gasteiger partial charge is 0.338 e. The molecule has 0 bridgehead atoms. The summed E-state index contributed by atoms with van der Waals surface area (Å²) in [6, 6.07) is 6.53. The standard InChI is InChI=1S/C16H16FN3OS/c1-22-16-18-8-13(9-19-16)15(21)20-7-6-12(10-20)11-2-4-14(17)5-3-11/h2-5,8-9,12H,6-7,10H2,1H3. The Bertz CT molecular complexity index is 660. The third-order valence-electron chi connectivity index (χ3n) is 3.87. The number of thioether (sulfide) groups is 1. The molecule has 114 valence electrons. The molecule has 1 aliphatic heterocycles. The first-order chi connectivity index (χ1) is 10.7. The summed E-state index contributed by atoms with van der Waals surface area (Å²) in [5.74, 6) is -0.0195. The van der Waals surface area contributed by atoms with Crippen molar-refractivity contribution in [2.75, 3.05) is 19.3 Å². The molecule has 2 heterocycles. The maximum Gasteiger partial charge on any atom is 0.257 e. The number of halogens is 1. The number of aromatic nitrogens is 2. The molecule has 1 aromatic carbocycles. The molecule has 0 aliphatic carbocycles. The minimum atomic E-state index is -0.235. The Morgan fingerprint density at radius 2 is 1.95 bits per heavy atom. The number of carbonyl (C=O) groups is 1. The normalized spacial score (nSPS) is 17.7. The van der Waals surface area contributed by atoms with Crippen molar-refractivity contribution in [1.82, 2.24) is 14.9 Å². The van der Waals surface area contributed by atoms with Crippen LogP contribution in [-0.2, 0) is 0 Å². The lowest BCUT2D eigenvalue weighted by Gasteiger charge is -2.16. The first-order valence-corrected chi connectivity index (χ1v) is 8.30. The number of hydrogen-bond donors (Lipinski definition) is 0. The first-order valence-electron chi connectivity index (χ1n) is 7.08. The molecular formula is C16H16FN3OS. The maximum absolute atomic E-state index is 13.0. The molecule has 1 aromatic heterocycles. The third kappa shape index (κ3) is 3.11. The Balaban J connectivity index is 1.68. The van der Waals surface area contributed by atoms with Gasteiger partial charge in [-0.1, -0.05) is 23.9 Å². The van der Waals surface area contributed by atoms with Crippen LogP contribution in [0.4, 0.5) is 4.39 Å². The van der Waals surface area contributed by atoms with Crippen molar-refractivity contribution >= 4 is 17.7 Å². The molecule has 22 heavy (non-hydrogen) atoms. The molecule has 1 amide bonds. The van der Waals surface area contributed by atoms with Gasteiger partial charge < -0.3 is 4.90 Å². The Hall–Kier alpha value is -1.95. The van der Waals surface area contributed by atoms with Crippen LogP contribution in [0.3, 0.4) is 0 Å². The van der Waals surface area contributed by atoms with Crippen molar-refractivity contribution in [2.24, 2.45) is 0 Å². The van der Waals surface area contributed by atoms with Gasteiger partial charge in [-0.2, -0.15) is 0 Å². The molecule has 1 atom stereocenters. The highest BCUT2D eigenvalue weighted by Crippen LogP contribution is 2.28. The predicted octanol–water partition coefficient (Wildman–Crippen LogP) is 2.97. The molecule has 0 saturated carbocycles. The molecule has 3 rings (SSSR count). The average Bonchev–Trinajstić information content (AvgIpc) is 3.05. The van der Waals surface area contributed by atoms with Crippen LogP contribution in [0.15, 0.2) is 41.8 Å². The van der Waals surface area contributed by atoms with Gasteiger partial charge in [0.1, 0.15) is 5.82 Å². The molecule has 1 aliphatic rings. The fraction of sp³-hybridized carbons (Fsp3) is 0.312. The van der Waals surface area contributed by atoms with Gasteiger partial charge in [0, 0.05) is 31.4 Å². The van der Waals surface area contributed by atoms with Gasteiger partial charge in [0.05, 0.1) is 5.56 Å². The van der Waals surface area contributed by atoms with Gasteiger partial charge in [-0.05, 0) is 30.4 Å². The molecule has 6 heteroatoms. The molecule has 0 radical (unpaired) electrons. The van der Waals surface area contributed by atoms with Gasteiger partial charge in [-0.3, -0.25) is 4.79 Å². The zero-order chi connectivity index (χ0) is 15.5. The highest BCUT2D eigenvalue weighted by Gasteiger charge is 2.28. The van der Waals surface area contributed by atoms with E-state index in [1.165, 1.54) is 23.9 Å². The summed E-state index contributed by atoms with van der Waals surface area (Å²) in [6.45, 7) is 1.35. The average molecular weight is 317 g/mol. The molecule has 0 spiro atoms. The molecular weight excluding hydrogens is 301 g/mol. The van der Waals surface area contributed by atoms with Crippen LogP contribution in [0, 0.1) is 5.82 Å². The minimum Gasteiger partial charge on any atom is -0.338 e. The van der Waals surface area contributed by atoms with Crippen LogP contribution in [0.25, 0.3) is 0 Å². The first kappa shape index (κ1) is 15.0. The van der Waals surface area contributed by atoms with Gasteiger partial charge in [0.15, 0.2) is 5.16 Å². The summed E-state index contributed by atoms with van der Waals surface area (Å²) in [7, 11) is 0. The lowest BCUT2D eigenvalue weighted by atomic mass is 9.99. The van der Waals surface area contributed by atoms with Crippen molar-refractivity contribution in [3.8, 4) is 0 Å². The summed E-state index contributed by atoms with van der Waals surface area (Å²) < 4.78 is 13.0. The Labute approximate surface area is 132 Å². The van der Waals surface area contributed by atoms with E-state index in [0.29, 0.717) is 23.8 Å². The number of likely N-dealkylation sites (tertiary alicyclic amines) is 1. The smallest absolute Gasteiger partial charge is 0.257 e. The Kier molecular flexibility index (Phi) is 4.38. The summed E-state index contributed by atoms with van der Waals surface area (Å²) >= 11 is 1.44. The van der Waals surface area contributed by atoms with Gasteiger partial charge in [0.2, 0.25) is 0 Å². The lowest BCUT2D eigenvalue weighted by molar-refractivity contribution is 0.0789. The minimum absolute atomic E-state index is 0.0442. The zero-order valence-electron chi connectivity index (χ0n) is 12.2. The quantitative estimate of drug-likeness (QED) is 0.645. The second kappa shape index (κ2) is 6.44. The van der Waals surface area contributed by atoms with E-state index >= 15 is 0 Å². The topological polar surface area (TPSA) is 46.1 Å². The zero-order valence-corrected chi connectivity index (χ0v) is 13.0. The van der Waals surface area contributed by atoms with Crippen LogP contribution in [0.2, 0.25) is 0 Å².